The molecule has 70 valence electrons. The lowest BCUT2D eigenvalue weighted by Gasteiger charge is -2.39. The minimum absolute atomic E-state index is 0.597. The summed E-state index contributed by atoms with van der Waals surface area (Å²) in [5, 5.41) is 0. The van der Waals surface area contributed by atoms with Crippen LogP contribution in [0.25, 0.3) is 0 Å². The molecular formula is C11H16N2. The molecule has 0 aromatic heterocycles. The highest BCUT2D eigenvalue weighted by atomic mass is 15.3. The van der Waals surface area contributed by atoms with Crippen molar-refractivity contribution in [1.29, 1.82) is 0 Å². The fourth-order valence-corrected chi connectivity index (χ4v) is 1.94. The topological polar surface area (TPSA) is 6.48 Å². The Hall–Kier alpha value is -1.18. The second-order valence-electron chi connectivity index (χ2n) is 3.83. The number of likely N-dealkylation sites (N-methyl/N-ethyl adjacent to an activating group) is 2. The lowest BCUT2D eigenvalue weighted by Crippen LogP contribution is -2.43. The van der Waals surface area contributed by atoms with Gasteiger partial charge in [-0.3, -0.25) is 0 Å². The van der Waals surface area contributed by atoms with Crippen molar-refractivity contribution in [1.82, 2.24) is 0 Å². The fourth-order valence-electron chi connectivity index (χ4n) is 1.94. The van der Waals surface area contributed by atoms with Gasteiger partial charge in [-0.2, -0.15) is 0 Å². The summed E-state index contributed by atoms with van der Waals surface area (Å²) in [7, 11) is 4.32. The molecule has 0 N–H and O–H groups in total. The summed E-state index contributed by atoms with van der Waals surface area (Å²) in [5.41, 5.74) is 2.67. The lowest BCUT2D eigenvalue weighted by molar-refractivity contribution is 0.648. The highest BCUT2D eigenvalue weighted by Gasteiger charge is 2.22. The van der Waals surface area contributed by atoms with Crippen LogP contribution < -0.4 is 9.80 Å². The molecule has 0 amide bonds. The first-order valence-corrected chi connectivity index (χ1v) is 4.73. The smallest absolute Gasteiger partial charge is 0.0604 e. The normalized spacial score (nSPS) is 21.6. The molecule has 0 saturated carbocycles. The molecule has 1 aliphatic heterocycles. The van der Waals surface area contributed by atoms with Gasteiger partial charge in [-0.05, 0) is 19.1 Å². The third-order valence-corrected chi connectivity index (χ3v) is 2.87. The summed E-state index contributed by atoms with van der Waals surface area (Å²) in [6.07, 6.45) is 0. The average molecular weight is 176 g/mol. The van der Waals surface area contributed by atoms with E-state index < -0.39 is 0 Å². The van der Waals surface area contributed by atoms with Crippen LogP contribution in [0.15, 0.2) is 24.3 Å². The molecule has 2 nitrogen and oxygen atoms in total. The molecule has 1 aromatic carbocycles. The molecular weight excluding hydrogens is 160 g/mol. The van der Waals surface area contributed by atoms with Gasteiger partial charge in [-0.25, -0.2) is 0 Å². The van der Waals surface area contributed by atoms with Crippen LogP contribution >= 0.6 is 0 Å². The maximum absolute atomic E-state index is 2.34. The SMILES string of the molecule is CC1CN(C)c2ccccc2N1C. The highest BCUT2D eigenvalue weighted by molar-refractivity contribution is 5.73. The quantitative estimate of drug-likeness (QED) is 0.596. The number of fused-ring (bicyclic) bond motifs is 1. The maximum atomic E-state index is 2.34. The van der Waals surface area contributed by atoms with E-state index in [1.54, 1.807) is 0 Å². The molecule has 0 saturated heterocycles. The lowest BCUT2D eigenvalue weighted by atomic mass is 10.1. The Morgan fingerprint density at radius 1 is 1.15 bits per heavy atom. The van der Waals surface area contributed by atoms with Crippen LogP contribution in [0.3, 0.4) is 0 Å². The first-order valence-electron chi connectivity index (χ1n) is 4.73. The predicted octanol–water partition coefficient (Wildman–Crippen LogP) is 1.96. The van der Waals surface area contributed by atoms with Gasteiger partial charge in [0.15, 0.2) is 0 Å². The monoisotopic (exact) mass is 176 g/mol. The van der Waals surface area contributed by atoms with Crippen molar-refractivity contribution in [2.75, 3.05) is 30.4 Å². The zero-order valence-corrected chi connectivity index (χ0v) is 8.49. The molecule has 13 heavy (non-hydrogen) atoms. The summed E-state index contributed by atoms with van der Waals surface area (Å²) < 4.78 is 0. The number of rotatable bonds is 0. The van der Waals surface area contributed by atoms with Gasteiger partial charge in [0.25, 0.3) is 0 Å². The summed E-state index contributed by atoms with van der Waals surface area (Å²) in [6.45, 7) is 3.36. The minimum Gasteiger partial charge on any atom is -0.371 e. The zero-order chi connectivity index (χ0) is 9.42. The van der Waals surface area contributed by atoms with Gasteiger partial charge in [0.05, 0.1) is 11.4 Å². The molecule has 1 atom stereocenters. The number of para-hydroxylation sites is 2. The van der Waals surface area contributed by atoms with Crippen molar-refractivity contribution in [3.63, 3.8) is 0 Å². The largest absolute Gasteiger partial charge is 0.371 e. The van der Waals surface area contributed by atoms with Crippen molar-refractivity contribution in [3.8, 4) is 0 Å². The Morgan fingerprint density at radius 3 is 2.46 bits per heavy atom. The van der Waals surface area contributed by atoms with E-state index in [0.29, 0.717) is 6.04 Å². The number of hydrogen-bond acceptors (Lipinski definition) is 2. The second kappa shape index (κ2) is 2.95. The molecule has 1 aromatic rings. The van der Waals surface area contributed by atoms with Gasteiger partial charge in [-0.1, -0.05) is 12.1 Å². The standard InChI is InChI=1S/C11H16N2/c1-9-8-12(2)10-6-4-5-7-11(10)13(9)3/h4-7,9H,8H2,1-3H3. The molecule has 0 radical (unpaired) electrons. The first-order chi connectivity index (χ1) is 6.20. The molecule has 1 heterocycles. The molecule has 0 aliphatic carbocycles. The predicted molar refractivity (Wildman–Crippen MR) is 57.6 cm³/mol. The van der Waals surface area contributed by atoms with Crippen LogP contribution in [-0.2, 0) is 0 Å². The minimum atomic E-state index is 0.597. The van der Waals surface area contributed by atoms with E-state index in [4.69, 9.17) is 0 Å². The third kappa shape index (κ3) is 1.26. The van der Waals surface area contributed by atoms with Gasteiger partial charge in [0.1, 0.15) is 0 Å². The Balaban J connectivity index is 2.47. The maximum Gasteiger partial charge on any atom is 0.0604 e. The van der Waals surface area contributed by atoms with Crippen LogP contribution in [0.4, 0.5) is 11.4 Å². The second-order valence-corrected chi connectivity index (χ2v) is 3.83. The van der Waals surface area contributed by atoms with Crippen molar-refractivity contribution in [3.05, 3.63) is 24.3 Å². The van der Waals surface area contributed by atoms with E-state index in [1.807, 2.05) is 0 Å². The summed E-state index contributed by atoms with van der Waals surface area (Å²) in [6, 6.07) is 9.15. The Bertz CT molecular complexity index is 309. The third-order valence-electron chi connectivity index (χ3n) is 2.87. The Kier molecular flexibility index (Phi) is 1.91. The van der Waals surface area contributed by atoms with E-state index in [0.717, 1.165) is 6.54 Å². The Morgan fingerprint density at radius 2 is 1.77 bits per heavy atom. The summed E-state index contributed by atoms with van der Waals surface area (Å²) >= 11 is 0. The van der Waals surface area contributed by atoms with E-state index in [2.05, 4.69) is 55.1 Å². The summed E-state index contributed by atoms with van der Waals surface area (Å²) in [4.78, 5) is 4.66. The van der Waals surface area contributed by atoms with E-state index >= 15 is 0 Å². The van der Waals surface area contributed by atoms with Gasteiger partial charge >= 0.3 is 0 Å². The average Bonchev–Trinajstić information content (AvgIpc) is 2.15. The van der Waals surface area contributed by atoms with Gasteiger partial charge in [0.2, 0.25) is 0 Å². The van der Waals surface area contributed by atoms with Crippen molar-refractivity contribution in [2.45, 2.75) is 13.0 Å². The number of benzene rings is 1. The van der Waals surface area contributed by atoms with Gasteiger partial charge in [-0.15, -0.1) is 0 Å². The molecule has 2 rings (SSSR count). The van der Waals surface area contributed by atoms with Crippen molar-refractivity contribution >= 4 is 11.4 Å². The highest BCUT2D eigenvalue weighted by Crippen LogP contribution is 2.32. The molecule has 1 unspecified atom stereocenters. The van der Waals surface area contributed by atoms with Crippen LogP contribution in [-0.4, -0.2) is 26.7 Å². The molecule has 1 aliphatic rings. The first kappa shape index (κ1) is 8.42. The molecule has 0 bridgehead atoms. The van der Waals surface area contributed by atoms with Crippen LogP contribution in [0.2, 0.25) is 0 Å². The number of anilines is 2. The van der Waals surface area contributed by atoms with E-state index in [9.17, 15) is 0 Å². The van der Waals surface area contributed by atoms with Gasteiger partial charge in [0, 0.05) is 26.7 Å². The molecule has 0 spiro atoms. The van der Waals surface area contributed by atoms with Crippen molar-refractivity contribution < 1.29 is 0 Å². The molecule has 0 fully saturated rings. The molecule has 2 heteroatoms. The van der Waals surface area contributed by atoms with Crippen LogP contribution in [0.5, 0.6) is 0 Å². The van der Waals surface area contributed by atoms with E-state index in [1.165, 1.54) is 11.4 Å². The Labute approximate surface area is 79.8 Å². The number of hydrogen-bond donors (Lipinski definition) is 0. The van der Waals surface area contributed by atoms with Crippen LogP contribution in [0, 0.1) is 0 Å². The van der Waals surface area contributed by atoms with E-state index in [-0.39, 0.29) is 0 Å². The van der Waals surface area contributed by atoms with Crippen molar-refractivity contribution in [2.24, 2.45) is 0 Å². The summed E-state index contributed by atoms with van der Waals surface area (Å²) in [5.74, 6) is 0. The fraction of sp³-hybridized carbons (Fsp3) is 0.455. The number of nitrogens with zero attached hydrogens (tertiary/aromatic N) is 2. The zero-order valence-electron chi connectivity index (χ0n) is 8.49. The van der Waals surface area contributed by atoms with Gasteiger partial charge < -0.3 is 9.80 Å². The van der Waals surface area contributed by atoms with Crippen LogP contribution in [0.1, 0.15) is 6.92 Å².